The Morgan fingerprint density at radius 1 is 1.16 bits per heavy atom. The lowest BCUT2D eigenvalue weighted by Gasteiger charge is -2.17. The molecule has 3 rings (SSSR count). The summed E-state index contributed by atoms with van der Waals surface area (Å²) in [5, 5.41) is 9.20. The minimum Gasteiger partial charge on any atom is -0.481 e. The lowest BCUT2D eigenvalue weighted by molar-refractivity contribution is -0.142. The van der Waals surface area contributed by atoms with Crippen molar-refractivity contribution >= 4 is 22.9 Å². The van der Waals surface area contributed by atoms with Crippen molar-refractivity contribution in [1.29, 1.82) is 0 Å². The normalized spacial score (nSPS) is 13.5. The number of benzene rings is 2. The second-order valence-electron chi connectivity index (χ2n) is 6.07. The lowest BCUT2D eigenvalue weighted by atomic mass is 9.85. The van der Waals surface area contributed by atoms with Crippen LogP contribution in [0, 0.1) is 11.8 Å². The molecule has 0 saturated carbocycles. The number of carbonyl (C=O) groups is 2. The number of fused-ring (bicyclic) bond motifs is 1. The highest BCUT2D eigenvalue weighted by molar-refractivity contribution is 6.01. The Labute approximate surface area is 145 Å². The highest BCUT2D eigenvalue weighted by Crippen LogP contribution is 2.27. The highest BCUT2D eigenvalue weighted by atomic mass is 16.4. The number of hydrogen-bond donors (Lipinski definition) is 1. The zero-order valence-electron chi connectivity index (χ0n) is 14.1. The summed E-state index contributed by atoms with van der Waals surface area (Å²) in [6, 6.07) is 14.6. The van der Waals surface area contributed by atoms with E-state index in [-0.39, 0.29) is 5.78 Å². The fourth-order valence-corrected chi connectivity index (χ4v) is 2.93. The molecular formula is C20H19NO4. The van der Waals surface area contributed by atoms with Crippen molar-refractivity contribution in [2.24, 2.45) is 11.8 Å². The molecule has 2 atom stereocenters. The summed E-state index contributed by atoms with van der Waals surface area (Å²) in [6.07, 6.45) is 0.468. The molecule has 0 fully saturated rings. The number of rotatable bonds is 6. The molecule has 0 bridgehead atoms. The molecule has 0 spiro atoms. The number of carboxylic acids is 1. The molecule has 1 aromatic heterocycles. The lowest BCUT2D eigenvalue weighted by Crippen LogP contribution is -2.27. The van der Waals surface area contributed by atoms with Crippen LogP contribution in [0.3, 0.4) is 0 Å². The fraction of sp³-hybridized carbons (Fsp3) is 0.250. The van der Waals surface area contributed by atoms with Crippen LogP contribution in [0.15, 0.2) is 52.9 Å². The second-order valence-corrected chi connectivity index (χ2v) is 6.07. The maximum Gasteiger partial charge on any atom is 0.306 e. The van der Waals surface area contributed by atoms with Crippen molar-refractivity contribution in [2.75, 3.05) is 0 Å². The third kappa shape index (κ3) is 3.31. The Bertz CT molecular complexity index is 914. The van der Waals surface area contributed by atoms with Crippen molar-refractivity contribution < 1.29 is 19.1 Å². The fourth-order valence-electron chi connectivity index (χ4n) is 2.93. The van der Waals surface area contributed by atoms with Crippen molar-refractivity contribution in [3.63, 3.8) is 0 Å². The molecule has 5 heteroatoms. The van der Waals surface area contributed by atoms with Crippen molar-refractivity contribution in [3.8, 4) is 11.5 Å². The van der Waals surface area contributed by atoms with E-state index in [4.69, 9.17) is 4.42 Å². The predicted molar refractivity (Wildman–Crippen MR) is 94.4 cm³/mol. The minimum atomic E-state index is -0.965. The molecule has 25 heavy (non-hydrogen) atoms. The monoisotopic (exact) mass is 337 g/mol. The SMILES string of the molecule is CCC(C(=O)c1ccc2nc(-c3ccccc3)oc2c1)C(C)C(=O)O. The molecule has 5 nitrogen and oxygen atoms in total. The van der Waals surface area contributed by atoms with Gasteiger partial charge in [0.15, 0.2) is 11.4 Å². The number of carbonyl (C=O) groups excluding carboxylic acids is 1. The van der Waals surface area contributed by atoms with Crippen molar-refractivity contribution in [2.45, 2.75) is 20.3 Å². The molecule has 0 saturated heterocycles. The van der Waals surface area contributed by atoms with Crippen LogP contribution < -0.4 is 0 Å². The summed E-state index contributed by atoms with van der Waals surface area (Å²) in [4.78, 5) is 28.4. The van der Waals surface area contributed by atoms with E-state index in [2.05, 4.69) is 4.98 Å². The van der Waals surface area contributed by atoms with E-state index in [1.807, 2.05) is 37.3 Å². The first-order valence-electron chi connectivity index (χ1n) is 8.24. The van der Waals surface area contributed by atoms with Crippen molar-refractivity contribution in [1.82, 2.24) is 4.98 Å². The second kappa shape index (κ2) is 6.89. The number of carboxylic acid groups (broad SMARTS) is 1. The molecule has 0 aliphatic heterocycles. The number of oxazole rings is 1. The Kier molecular flexibility index (Phi) is 4.65. The molecule has 128 valence electrons. The van der Waals surface area contributed by atoms with Gasteiger partial charge < -0.3 is 9.52 Å². The molecular weight excluding hydrogens is 318 g/mol. The Morgan fingerprint density at radius 3 is 2.52 bits per heavy atom. The Morgan fingerprint density at radius 2 is 1.88 bits per heavy atom. The number of hydrogen-bond acceptors (Lipinski definition) is 4. The third-order valence-corrected chi connectivity index (χ3v) is 4.46. The van der Waals surface area contributed by atoms with Crippen molar-refractivity contribution in [3.05, 3.63) is 54.1 Å². The van der Waals surface area contributed by atoms with Crippen LogP contribution in [-0.4, -0.2) is 21.8 Å². The summed E-state index contributed by atoms with van der Waals surface area (Å²) in [7, 11) is 0. The Balaban J connectivity index is 1.95. The van der Waals surface area contributed by atoms with E-state index < -0.39 is 17.8 Å². The van der Waals surface area contributed by atoms with E-state index in [1.54, 1.807) is 25.1 Å². The molecule has 3 aromatic rings. The number of Topliss-reactive ketones (excluding diaryl/α,β-unsaturated/α-hetero) is 1. The van der Waals surface area contributed by atoms with Gasteiger partial charge in [-0.25, -0.2) is 4.98 Å². The van der Waals surface area contributed by atoms with Crippen LogP contribution in [0.2, 0.25) is 0 Å². The largest absolute Gasteiger partial charge is 0.481 e. The molecule has 1 heterocycles. The smallest absolute Gasteiger partial charge is 0.306 e. The first-order valence-corrected chi connectivity index (χ1v) is 8.24. The first kappa shape index (κ1) is 16.9. The van der Waals surface area contributed by atoms with Crippen LogP contribution in [-0.2, 0) is 4.79 Å². The molecule has 0 amide bonds. The van der Waals surface area contributed by atoms with Gasteiger partial charge >= 0.3 is 5.97 Å². The summed E-state index contributed by atoms with van der Waals surface area (Å²) in [6.45, 7) is 3.39. The van der Waals surface area contributed by atoms with Gasteiger partial charge in [-0.3, -0.25) is 9.59 Å². The third-order valence-electron chi connectivity index (χ3n) is 4.46. The van der Waals surface area contributed by atoms with Gasteiger partial charge in [-0.2, -0.15) is 0 Å². The number of ketones is 1. The van der Waals surface area contributed by atoms with Gasteiger partial charge in [-0.15, -0.1) is 0 Å². The number of aliphatic carboxylic acids is 1. The molecule has 0 aliphatic rings. The molecule has 1 N–H and O–H groups in total. The van der Waals surface area contributed by atoms with Gasteiger partial charge in [0.1, 0.15) is 5.52 Å². The van der Waals surface area contributed by atoms with Gasteiger partial charge in [-0.05, 0) is 36.8 Å². The van der Waals surface area contributed by atoms with Crippen LogP contribution in [0.1, 0.15) is 30.6 Å². The quantitative estimate of drug-likeness (QED) is 0.673. The molecule has 2 unspecified atom stereocenters. The average Bonchev–Trinajstić information content (AvgIpc) is 3.06. The molecule has 2 aromatic carbocycles. The van der Waals surface area contributed by atoms with Gasteiger partial charge in [-0.1, -0.05) is 32.0 Å². The van der Waals surface area contributed by atoms with E-state index >= 15 is 0 Å². The van der Waals surface area contributed by atoms with Crippen LogP contribution in [0.4, 0.5) is 0 Å². The summed E-state index contributed by atoms with van der Waals surface area (Å²) >= 11 is 0. The highest BCUT2D eigenvalue weighted by Gasteiger charge is 2.29. The first-order chi connectivity index (χ1) is 12.0. The summed E-state index contributed by atoms with van der Waals surface area (Å²) < 4.78 is 5.79. The number of aromatic nitrogens is 1. The topological polar surface area (TPSA) is 80.4 Å². The van der Waals surface area contributed by atoms with Gasteiger partial charge in [0.05, 0.1) is 5.92 Å². The van der Waals surface area contributed by atoms with E-state index in [9.17, 15) is 14.7 Å². The van der Waals surface area contributed by atoms with Crippen LogP contribution in [0.5, 0.6) is 0 Å². The number of nitrogens with zero attached hydrogens (tertiary/aromatic N) is 1. The maximum absolute atomic E-state index is 12.7. The van der Waals surface area contributed by atoms with E-state index in [0.717, 1.165) is 5.56 Å². The van der Waals surface area contributed by atoms with Gasteiger partial charge in [0.25, 0.3) is 0 Å². The summed E-state index contributed by atoms with van der Waals surface area (Å²) in [5.74, 6) is -1.95. The van der Waals surface area contributed by atoms with E-state index in [1.165, 1.54) is 0 Å². The standard InChI is InChI=1S/C20H19NO4/c1-3-15(12(2)20(23)24)18(22)14-9-10-16-17(11-14)25-19(21-16)13-7-5-4-6-8-13/h4-12,15H,3H2,1-2H3,(H,23,24). The average molecular weight is 337 g/mol. The summed E-state index contributed by atoms with van der Waals surface area (Å²) in [5.41, 5.74) is 2.48. The van der Waals surface area contributed by atoms with Gasteiger partial charge in [0.2, 0.25) is 5.89 Å². The van der Waals surface area contributed by atoms with Crippen LogP contribution >= 0.6 is 0 Å². The van der Waals surface area contributed by atoms with Crippen LogP contribution in [0.25, 0.3) is 22.6 Å². The predicted octanol–water partition coefficient (Wildman–Crippen LogP) is 4.42. The van der Waals surface area contributed by atoms with Gasteiger partial charge in [0, 0.05) is 17.0 Å². The molecule has 0 radical (unpaired) electrons. The maximum atomic E-state index is 12.7. The minimum absolute atomic E-state index is 0.183. The zero-order chi connectivity index (χ0) is 18.0. The molecule has 0 aliphatic carbocycles. The zero-order valence-corrected chi connectivity index (χ0v) is 14.1. The van der Waals surface area contributed by atoms with E-state index in [0.29, 0.717) is 29.0 Å². The Hall–Kier alpha value is -2.95.